The lowest BCUT2D eigenvalue weighted by Crippen LogP contribution is -2.38. The number of unbranched alkanes of at least 4 members (excludes halogenated alkanes) is 1. The molecular formula is C18H29IN4. The first-order valence-corrected chi connectivity index (χ1v) is 8.34. The summed E-state index contributed by atoms with van der Waals surface area (Å²) in [5, 5.41) is 8.05. The number of para-hydroxylation sites is 1. The number of aromatic amines is 1. The van der Waals surface area contributed by atoms with Crippen molar-refractivity contribution in [3.63, 3.8) is 0 Å². The number of fused-ring (bicyclic) bond motifs is 1. The average Bonchev–Trinajstić information content (AvgIpc) is 2.92. The Kier molecular flexibility index (Phi) is 9.06. The molecule has 0 unspecified atom stereocenters. The average molecular weight is 428 g/mol. The first-order chi connectivity index (χ1) is 10.8. The minimum Gasteiger partial charge on any atom is -0.361 e. The number of H-pyrrole nitrogens is 1. The van der Waals surface area contributed by atoms with Gasteiger partial charge < -0.3 is 15.6 Å². The standard InChI is InChI=1S/C18H28N4.HI/c1-4-6-11-20-18(19-5-2)21-12-10-15-13-22-17-14(3)8-7-9-16(15)17;/h7-9,13,22H,4-6,10-12H2,1-3H3,(H2,19,20,21);1H. The van der Waals surface area contributed by atoms with Crippen molar-refractivity contribution in [3.05, 3.63) is 35.5 Å². The molecule has 0 amide bonds. The van der Waals surface area contributed by atoms with Gasteiger partial charge in [-0.15, -0.1) is 24.0 Å². The Bertz CT molecular complexity index is 619. The van der Waals surface area contributed by atoms with E-state index in [0.29, 0.717) is 0 Å². The van der Waals surface area contributed by atoms with Crippen molar-refractivity contribution in [1.29, 1.82) is 0 Å². The SMILES string of the molecule is CCCCN=C(NCC)NCCc1c[nH]c2c(C)cccc12.I. The van der Waals surface area contributed by atoms with Crippen LogP contribution in [0.15, 0.2) is 29.4 Å². The molecule has 0 fully saturated rings. The normalized spacial score (nSPS) is 11.3. The van der Waals surface area contributed by atoms with E-state index in [1.54, 1.807) is 0 Å². The summed E-state index contributed by atoms with van der Waals surface area (Å²) >= 11 is 0. The number of aliphatic imine (C=N–C) groups is 1. The van der Waals surface area contributed by atoms with E-state index in [0.717, 1.165) is 38.4 Å². The van der Waals surface area contributed by atoms with Gasteiger partial charge >= 0.3 is 0 Å². The third kappa shape index (κ3) is 5.71. The maximum atomic E-state index is 4.59. The molecule has 0 aliphatic rings. The fourth-order valence-electron chi connectivity index (χ4n) is 2.58. The predicted octanol–water partition coefficient (Wildman–Crippen LogP) is 3.99. The van der Waals surface area contributed by atoms with E-state index in [4.69, 9.17) is 0 Å². The van der Waals surface area contributed by atoms with E-state index in [2.05, 4.69) is 65.8 Å². The molecule has 2 rings (SSSR count). The van der Waals surface area contributed by atoms with Crippen molar-refractivity contribution in [2.75, 3.05) is 19.6 Å². The van der Waals surface area contributed by atoms with Gasteiger partial charge in [-0.1, -0.05) is 31.5 Å². The largest absolute Gasteiger partial charge is 0.361 e. The number of hydrogen-bond acceptors (Lipinski definition) is 1. The summed E-state index contributed by atoms with van der Waals surface area (Å²) in [6.45, 7) is 9.10. The number of hydrogen-bond donors (Lipinski definition) is 3. The van der Waals surface area contributed by atoms with Crippen molar-refractivity contribution >= 4 is 40.8 Å². The van der Waals surface area contributed by atoms with Crippen molar-refractivity contribution < 1.29 is 0 Å². The van der Waals surface area contributed by atoms with E-state index >= 15 is 0 Å². The van der Waals surface area contributed by atoms with Gasteiger partial charge in [0, 0.05) is 36.7 Å². The molecule has 0 bridgehead atoms. The maximum Gasteiger partial charge on any atom is 0.191 e. The van der Waals surface area contributed by atoms with Crippen LogP contribution in [0.25, 0.3) is 10.9 Å². The fraction of sp³-hybridized carbons (Fsp3) is 0.500. The van der Waals surface area contributed by atoms with Crippen LogP contribution in [-0.2, 0) is 6.42 Å². The summed E-state index contributed by atoms with van der Waals surface area (Å²) < 4.78 is 0. The van der Waals surface area contributed by atoms with Crippen LogP contribution in [0.5, 0.6) is 0 Å². The minimum atomic E-state index is 0. The van der Waals surface area contributed by atoms with Gasteiger partial charge in [0.05, 0.1) is 0 Å². The molecule has 5 heteroatoms. The summed E-state index contributed by atoms with van der Waals surface area (Å²) in [6, 6.07) is 6.46. The van der Waals surface area contributed by atoms with E-state index in [9.17, 15) is 0 Å². The number of aromatic nitrogens is 1. The van der Waals surface area contributed by atoms with Crippen molar-refractivity contribution in [2.24, 2.45) is 4.99 Å². The van der Waals surface area contributed by atoms with Gasteiger partial charge in [-0.25, -0.2) is 0 Å². The second-order valence-corrected chi connectivity index (χ2v) is 5.60. The highest BCUT2D eigenvalue weighted by molar-refractivity contribution is 14.0. The van der Waals surface area contributed by atoms with Crippen LogP contribution in [0.2, 0.25) is 0 Å². The Hall–Kier alpha value is -1.24. The molecule has 0 radical (unpaired) electrons. The molecule has 0 saturated heterocycles. The van der Waals surface area contributed by atoms with Crippen molar-refractivity contribution in [1.82, 2.24) is 15.6 Å². The number of benzene rings is 1. The highest BCUT2D eigenvalue weighted by Gasteiger charge is 2.05. The third-order valence-electron chi connectivity index (χ3n) is 3.82. The second kappa shape index (κ2) is 10.5. The van der Waals surface area contributed by atoms with Crippen LogP contribution in [0.3, 0.4) is 0 Å². The van der Waals surface area contributed by atoms with Crippen molar-refractivity contribution in [3.8, 4) is 0 Å². The second-order valence-electron chi connectivity index (χ2n) is 5.60. The quantitative estimate of drug-likeness (QED) is 0.270. The monoisotopic (exact) mass is 428 g/mol. The van der Waals surface area contributed by atoms with E-state index in [1.165, 1.54) is 28.5 Å². The van der Waals surface area contributed by atoms with E-state index in [1.807, 2.05) is 0 Å². The molecule has 0 aliphatic carbocycles. The number of nitrogens with one attached hydrogen (secondary N) is 3. The van der Waals surface area contributed by atoms with Gasteiger partial charge in [-0.2, -0.15) is 0 Å². The van der Waals surface area contributed by atoms with Crippen LogP contribution >= 0.6 is 24.0 Å². The lowest BCUT2D eigenvalue weighted by Gasteiger charge is -2.11. The van der Waals surface area contributed by atoms with Gasteiger partial charge in [-0.3, -0.25) is 4.99 Å². The predicted molar refractivity (Wildman–Crippen MR) is 111 cm³/mol. The summed E-state index contributed by atoms with van der Waals surface area (Å²) in [5.74, 6) is 0.923. The number of aryl methyl sites for hydroxylation is 1. The molecule has 2 aromatic rings. The molecule has 0 saturated carbocycles. The van der Waals surface area contributed by atoms with Crippen LogP contribution in [0.4, 0.5) is 0 Å². The van der Waals surface area contributed by atoms with E-state index < -0.39 is 0 Å². The molecule has 0 spiro atoms. The first-order valence-electron chi connectivity index (χ1n) is 8.34. The molecule has 23 heavy (non-hydrogen) atoms. The molecule has 128 valence electrons. The minimum absolute atomic E-state index is 0. The summed E-state index contributed by atoms with van der Waals surface area (Å²) in [5.41, 5.74) is 3.91. The molecule has 1 aromatic heterocycles. The molecule has 1 aromatic carbocycles. The Morgan fingerprint density at radius 1 is 1.22 bits per heavy atom. The highest BCUT2D eigenvalue weighted by Crippen LogP contribution is 2.21. The number of nitrogens with zero attached hydrogens (tertiary/aromatic N) is 1. The van der Waals surface area contributed by atoms with Crippen LogP contribution < -0.4 is 10.6 Å². The smallest absolute Gasteiger partial charge is 0.191 e. The van der Waals surface area contributed by atoms with Gasteiger partial charge in [0.1, 0.15) is 0 Å². The fourth-order valence-corrected chi connectivity index (χ4v) is 2.58. The van der Waals surface area contributed by atoms with Gasteiger partial charge in [0.25, 0.3) is 0 Å². The summed E-state index contributed by atoms with van der Waals surface area (Å²) in [7, 11) is 0. The van der Waals surface area contributed by atoms with Gasteiger partial charge in [0.2, 0.25) is 0 Å². The Balaban J connectivity index is 0.00000264. The Morgan fingerprint density at radius 2 is 2.04 bits per heavy atom. The lowest BCUT2D eigenvalue weighted by atomic mass is 10.1. The third-order valence-corrected chi connectivity index (χ3v) is 3.82. The van der Waals surface area contributed by atoms with Gasteiger partial charge in [-0.05, 0) is 37.8 Å². The molecule has 0 atom stereocenters. The molecule has 0 aliphatic heterocycles. The van der Waals surface area contributed by atoms with Crippen LogP contribution in [0, 0.1) is 6.92 Å². The highest BCUT2D eigenvalue weighted by atomic mass is 127. The zero-order valence-electron chi connectivity index (χ0n) is 14.4. The lowest BCUT2D eigenvalue weighted by molar-refractivity contribution is 0.768. The molecule has 1 heterocycles. The number of rotatable bonds is 7. The molecule has 4 nitrogen and oxygen atoms in total. The molecular weight excluding hydrogens is 399 g/mol. The molecule has 3 N–H and O–H groups in total. The first kappa shape index (κ1) is 19.8. The number of halogens is 1. The van der Waals surface area contributed by atoms with E-state index in [-0.39, 0.29) is 24.0 Å². The summed E-state index contributed by atoms with van der Waals surface area (Å²) in [6.07, 6.45) is 5.43. The Morgan fingerprint density at radius 3 is 2.78 bits per heavy atom. The Labute approximate surface area is 156 Å². The van der Waals surface area contributed by atoms with Crippen molar-refractivity contribution in [2.45, 2.75) is 40.0 Å². The van der Waals surface area contributed by atoms with Crippen LogP contribution in [-0.4, -0.2) is 30.6 Å². The zero-order valence-corrected chi connectivity index (χ0v) is 16.7. The maximum absolute atomic E-state index is 4.59. The zero-order chi connectivity index (χ0) is 15.8. The number of guanidine groups is 1. The van der Waals surface area contributed by atoms with Crippen LogP contribution in [0.1, 0.15) is 37.8 Å². The summed E-state index contributed by atoms with van der Waals surface area (Å²) in [4.78, 5) is 7.97. The topological polar surface area (TPSA) is 52.2 Å². The van der Waals surface area contributed by atoms with Gasteiger partial charge in [0.15, 0.2) is 5.96 Å².